The molecule has 1 aromatic heterocycles. The SMILES string of the molecule is CCNC(=NCCc1ccc(Cl)nc1)NCCOc1cccc(C)c1. The van der Waals surface area contributed by atoms with Crippen molar-refractivity contribution in [2.45, 2.75) is 20.3 Å². The van der Waals surface area contributed by atoms with E-state index in [1.54, 1.807) is 12.3 Å². The maximum Gasteiger partial charge on any atom is 0.191 e. The van der Waals surface area contributed by atoms with Crippen molar-refractivity contribution in [2.75, 3.05) is 26.2 Å². The van der Waals surface area contributed by atoms with E-state index < -0.39 is 0 Å². The number of hydrogen-bond donors (Lipinski definition) is 2. The molecule has 1 aromatic carbocycles. The Bertz CT molecular complexity index is 673. The molecule has 0 atom stereocenters. The average molecular weight is 361 g/mol. The zero-order valence-electron chi connectivity index (χ0n) is 14.8. The summed E-state index contributed by atoms with van der Waals surface area (Å²) >= 11 is 5.79. The molecular weight excluding hydrogens is 336 g/mol. The number of ether oxygens (including phenoxy) is 1. The van der Waals surface area contributed by atoms with Gasteiger partial charge in [0.25, 0.3) is 0 Å². The number of nitrogens with zero attached hydrogens (tertiary/aromatic N) is 2. The number of aromatic nitrogens is 1. The predicted molar refractivity (Wildman–Crippen MR) is 104 cm³/mol. The molecule has 0 unspecified atom stereocenters. The molecule has 25 heavy (non-hydrogen) atoms. The fourth-order valence-electron chi connectivity index (χ4n) is 2.24. The standard InChI is InChI=1S/C19H25ClN4O/c1-3-21-19(22-10-9-16-7-8-18(20)24-14-16)23-11-12-25-17-6-4-5-15(2)13-17/h4-8,13-14H,3,9-12H2,1-2H3,(H2,21,22,23). The van der Waals surface area contributed by atoms with E-state index in [0.29, 0.717) is 24.8 Å². The molecule has 0 radical (unpaired) electrons. The molecule has 0 spiro atoms. The third-order valence-electron chi connectivity index (χ3n) is 3.46. The number of benzene rings is 1. The summed E-state index contributed by atoms with van der Waals surface area (Å²) in [4.78, 5) is 8.65. The minimum absolute atomic E-state index is 0.510. The second-order valence-electron chi connectivity index (χ2n) is 5.59. The Labute approximate surface area is 154 Å². The molecule has 0 aliphatic heterocycles. The van der Waals surface area contributed by atoms with E-state index >= 15 is 0 Å². The van der Waals surface area contributed by atoms with E-state index in [1.165, 1.54) is 5.56 Å². The summed E-state index contributed by atoms with van der Waals surface area (Å²) < 4.78 is 5.73. The number of nitrogens with one attached hydrogen (secondary N) is 2. The van der Waals surface area contributed by atoms with Crippen molar-refractivity contribution in [2.24, 2.45) is 4.99 Å². The van der Waals surface area contributed by atoms with Crippen LogP contribution in [0.5, 0.6) is 5.75 Å². The van der Waals surface area contributed by atoms with Gasteiger partial charge in [-0.05, 0) is 49.6 Å². The largest absolute Gasteiger partial charge is 0.492 e. The van der Waals surface area contributed by atoms with Gasteiger partial charge in [0.05, 0.1) is 6.54 Å². The summed E-state index contributed by atoms with van der Waals surface area (Å²) in [6.45, 7) is 6.85. The quantitative estimate of drug-likeness (QED) is 0.328. The van der Waals surface area contributed by atoms with Crippen LogP contribution in [-0.4, -0.2) is 37.2 Å². The molecule has 1 heterocycles. The van der Waals surface area contributed by atoms with Gasteiger partial charge in [0.1, 0.15) is 17.5 Å². The molecule has 2 rings (SSSR count). The summed E-state index contributed by atoms with van der Waals surface area (Å²) in [5, 5.41) is 7.02. The molecule has 2 aromatic rings. The Hall–Kier alpha value is -2.27. The van der Waals surface area contributed by atoms with E-state index in [0.717, 1.165) is 30.2 Å². The fraction of sp³-hybridized carbons (Fsp3) is 0.368. The zero-order chi connectivity index (χ0) is 17.9. The van der Waals surface area contributed by atoms with Crippen molar-refractivity contribution in [3.63, 3.8) is 0 Å². The molecule has 6 heteroatoms. The first-order valence-electron chi connectivity index (χ1n) is 8.49. The normalized spacial score (nSPS) is 11.2. The van der Waals surface area contributed by atoms with Crippen molar-refractivity contribution in [3.8, 4) is 5.75 Å². The van der Waals surface area contributed by atoms with Crippen LogP contribution in [0, 0.1) is 6.92 Å². The number of aliphatic imine (C=N–C) groups is 1. The highest BCUT2D eigenvalue weighted by Gasteiger charge is 1.99. The molecule has 0 aliphatic carbocycles. The van der Waals surface area contributed by atoms with Gasteiger partial charge >= 0.3 is 0 Å². The van der Waals surface area contributed by atoms with Gasteiger partial charge in [-0.2, -0.15) is 0 Å². The van der Waals surface area contributed by atoms with Crippen molar-refractivity contribution >= 4 is 17.6 Å². The van der Waals surface area contributed by atoms with Crippen LogP contribution in [0.15, 0.2) is 47.6 Å². The van der Waals surface area contributed by atoms with Crippen molar-refractivity contribution in [3.05, 3.63) is 58.9 Å². The first kappa shape index (κ1) is 19.1. The van der Waals surface area contributed by atoms with Crippen molar-refractivity contribution < 1.29 is 4.74 Å². The second kappa shape index (κ2) is 10.6. The first-order valence-corrected chi connectivity index (χ1v) is 8.87. The van der Waals surface area contributed by atoms with Gasteiger partial charge in [-0.3, -0.25) is 4.99 Å². The lowest BCUT2D eigenvalue weighted by Crippen LogP contribution is -2.39. The van der Waals surface area contributed by atoms with Gasteiger partial charge in [-0.15, -0.1) is 0 Å². The number of halogens is 1. The van der Waals surface area contributed by atoms with E-state index in [4.69, 9.17) is 16.3 Å². The lowest BCUT2D eigenvalue weighted by molar-refractivity contribution is 0.321. The number of rotatable bonds is 8. The third kappa shape index (κ3) is 7.44. The molecule has 0 fully saturated rings. The summed E-state index contributed by atoms with van der Waals surface area (Å²) in [6, 6.07) is 11.8. The van der Waals surface area contributed by atoms with Crippen LogP contribution in [-0.2, 0) is 6.42 Å². The summed E-state index contributed by atoms with van der Waals surface area (Å²) in [6.07, 6.45) is 2.61. The first-order chi connectivity index (χ1) is 12.2. The van der Waals surface area contributed by atoms with Crippen LogP contribution >= 0.6 is 11.6 Å². The highest BCUT2D eigenvalue weighted by Crippen LogP contribution is 2.11. The third-order valence-corrected chi connectivity index (χ3v) is 3.68. The maximum absolute atomic E-state index is 5.79. The number of aryl methyl sites for hydroxylation is 1. The van der Waals surface area contributed by atoms with E-state index in [2.05, 4.69) is 33.6 Å². The highest BCUT2D eigenvalue weighted by atomic mass is 35.5. The zero-order valence-corrected chi connectivity index (χ0v) is 15.5. The fourth-order valence-corrected chi connectivity index (χ4v) is 2.35. The monoisotopic (exact) mass is 360 g/mol. The van der Waals surface area contributed by atoms with Crippen LogP contribution in [0.3, 0.4) is 0 Å². The Kier molecular flexibility index (Phi) is 8.05. The Morgan fingerprint density at radius 2 is 2.12 bits per heavy atom. The minimum atomic E-state index is 0.510. The van der Waals surface area contributed by atoms with Gasteiger partial charge in [-0.1, -0.05) is 29.8 Å². The molecule has 0 saturated heterocycles. The van der Waals surface area contributed by atoms with Crippen molar-refractivity contribution in [1.29, 1.82) is 0 Å². The van der Waals surface area contributed by atoms with Gasteiger partial charge in [-0.25, -0.2) is 4.98 Å². The van der Waals surface area contributed by atoms with Crippen LogP contribution in [0.2, 0.25) is 5.15 Å². The number of guanidine groups is 1. The van der Waals surface area contributed by atoms with E-state index in [-0.39, 0.29) is 0 Å². The van der Waals surface area contributed by atoms with Crippen LogP contribution in [0.25, 0.3) is 0 Å². The highest BCUT2D eigenvalue weighted by molar-refractivity contribution is 6.29. The maximum atomic E-state index is 5.79. The van der Waals surface area contributed by atoms with Crippen molar-refractivity contribution in [1.82, 2.24) is 15.6 Å². The van der Waals surface area contributed by atoms with Gasteiger partial charge in [0, 0.05) is 19.3 Å². The summed E-state index contributed by atoms with van der Waals surface area (Å²) in [5.41, 5.74) is 2.31. The van der Waals surface area contributed by atoms with Gasteiger partial charge in [0.2, 0.25) is 0 Å². The molecular formula is C19H25ClN4O. The summed E-state index contributed by atoms with van der Waals surface area (Å²) in [7, 11) is 0. The Balaban J connectivity index is 1.74. The Morgan fingerprint density at radius 3 is 2.84 bits per heavy atom. The van der Waals surface area contributed by atoms with E-state index in [9.17, 15) is 0 Å². The van der Waals surface area contributed by atoms with E-state index in [1.807, 2.05) is 31.2 Å². The summed E-state index contributed by atoms with van der Waals surface area (Å²) in [5.74, 6) is 1.68. The number of pyridine rings is 1. The molecule has 0 aliphatic rings. The Morgan fingerprint density at radius 1 is 1.24 bits per heavy atom. The topological polar surface area (TPSA) is 58.5 Å². The number of hydrogen-bond acceptors (Lipinski definition) is 3. The van der Waals surface area contributed by atoms with Gasteiger partial charge in [0.15, 0.2) is 5.96 Å². The lowest BCUT2D eigenvalue weighted by atomic mass is 10.2. The molecule has 0 amide bonds. The van der Waals surface area contributed by atoms with Crippen LogP contribution in [0.1, 0.15) is 18.1 Å². The predicted octanol–water partition coefficient (Wildman–Crippen LogP) is 3.22. The molecule has 134 valence electrons. The molecule has 0 saturated carbocycles. The average Bonchev–Trinajstić information content (AvgIpc) is 2.60. The molecule has 2 N–H and O–H groups in total. The lowest BCUT2D eigenvalue weighted by Gasteiger charge is -2.12. The second-order valence-corrected chi connectivity index (χ2v) is 5.98. The smallest absolute Gasteiger partial charge is 0.191 e. The van der Waals surface area contributed by atoms with Gasteiger partial charge < -0.3 is 15.4 Å². The van der Waals surface area contributed by atoms with Crippen LogP contribution < -0.4 is 15.4 Å². The molecule has 0 bridgehead atoms. The molecule has 5 nitrogen and oxygen atoms in total. The van der Waals surface area contributed by atoms with Crippen LogP contribution in [0.4, 0.5) is 0 Å². The minimum Gasteiger partial charge on any atom is -0.492 e.